The first kappa shape index (κ1) is 19.4. The first-order chi connectivity index (χ1) is 13.0. The zero-order valence-electron chi connectivity index (χ0n) is 15.8. The summed E-state index contributed by atoms with van der Waals surface area (Å²) in [5.74, 6) is 1.33. The van der Waals surface area contributed by atoms with Gasteiger partial charge >= 0.3 is 0 Å². The number of nitrogens with one attached hydrogen (secondary N) is 2. The van der Waals surface area contributed by atoms with Gasteiger partial charge in [0.1, 0.15) is 5.75 Å². The number of halogens is 1. The van der Waals surface area contributed by atoms with Crippen LogP contribution in [-0.2, 0) is 4.79 Å². The molecule has 0 unspecified atom stereocenters. The third-order valence-electron chi connectivity index (χ3n) is 4.90. The predicted molar refractivity (Wildman–Crippen MR) is 112 cm³/mol. The lowest BCUT2D eigenvalue weighted by molar-refractivity contribution is -0.114. The van der Waals surface area contributed by atoms with Gasteiger partial charge in [0.15, 0.2) is 0 Å². The van der Waals surface area contributed by atoms with Crippen LogP contribution in [0.3, 0.4) is 0 Å². The largest absolute Gasteiger partial charge is 0.495 e. The van der Waals surface area contributed by atoms with Crippen LogP contribution < -0.4 is 20.3 Å². The van der Waals surface area contributed by atoms with Crippen molar-refractivity contribution in [2.75, 3.05) is 42.3 Å². The molecule has 1 saturated heterocycles. The normalized spacial score (nSPS) is 14.7. The minimum atomic E-state index is -0.128. The van der Waals surface area contributed by atoms with Crippen molar-refractivity contribution in [1.82, 2.24) is 0 Å². The average molecular weight is 388 g/mol. The molecule has 1 fully saturated rings. The summed E-state index contributed by atoms with van der Waals surface area (Å²) in [4.78, 5) is 14.6. The van der Waals surface area contributed by atoms with Crippen LogP contribution in [0.25, 0.3) is 0 Å². The highest BCUT2D eigenvalue weighted by atomic mass is 35.5. The second-order valence-corrected chi connectivity index (χ2v) is 7.40. The molecule has 27 heavy (non-hydrogen) atoms. The Hall–Kier alpha value is -2.40. The van der Waals surface area contributed by atoms with Gasteiger partial charge in [-0.1, -0.05) is 18.5 Å². The van der Waals surface area contributed by atoms with Crippen molar-refractivity contribution >= 4 is 34.6 Å². The van der Waals surface area contributed by atoms with Gasteiger partial charge in [-0.25, -0.2) is 0 Å². The van der Waals surface area contributed by atoms with E-state index in [2.05, 4.69) is 34.6 Å². The number of carbonyl (C=O) groups excluding carboxylic acids is 1. The maximum absolute atomic E-state index is 12.2. The van der Waals surface area contributed by atoms with Crippen LogP contribution in [0, 0.1) is 5.92 Å². The van der Waals surface area contributed by atoms with Gasteiger partial charge in [-0.2, -0.15) is 0 Å². The molecular formula is C21H26ClN3O2. The molecule has 3 rings (SSSR count). The van der Waals surface area contributed by atoms with Crippen molar-refractivity contribution in [3.05, 3.63) is 47.5 Å². The van der Waals surface area contributed by atoms with Crippen molar-refractivity contribution in [2.24, 2.45) is 5.92 Å². The summed E-state index contributed by atoms with van der Waals surface area (Å²) < 4.78 is 5.27. The van der Waals surface area contributed by atoms with Crippen molar-refractivity contribution in [3.8, 4) is 5.75 Å². The molecule has 0 spiro atoms. The molecule has 2 aromatic carbocycles. The highest BCUT2D eigenvalue weighted by molar-refractivity contribution is 6.30. The van der Waals surface area contributed by atoms with E-state index in [1.54, 1.807) is 25.3 Å². The number of rotatable bonds is 6. The third-order valence-corrected chi connectivity index (χ3v) is 5.14. The molecule has 1 aliphatic rings. The summed E-state index contributed by atoms with van der Waals surface area (Å²) in [5.41, 5.74) is 2.69. The van der Waals surface area contributed by atoms with Crippen LogP contribution in [0.4, 0.5) is 17.1 Å². The molecular weight excluding hydrogens is 362 g/mol. The van der Waals surface area contributed by atoms with E-state index in [0.29, 0.717) is 16.5 Å². The van der Waals surface area contributed by atoms with E-state index in [1.165, 1.54) is 18.5 Å². The molecule has 0 aromatic heterocycles. The number of hydrogen-bond donors (Lipinski definition) is 2. The molecule has 0 bridgehead atoms. The lowest BCUT2D eigenvalue weighted by Gasteiger charge is -2.32. The van der Waals surface area contributed by atoms with Crippen LogP contribution in [0.15, 0.2) is 42.5 Å². The fourth-order valence-corrected chi connectivity index (χ4v) is 3.39. The molecule has 2 aromatic rings. The molecule has 1 amide bonds. The molecule has 0 radical (unpaired) electrons. The minimum absolute atomic E-state index is 0.127. The number of benzene rings is 2. The second-order valence-electron chi connectivity index (χ2n) is 6.96. The molecule has 1 heterocycles. The first-order valence-corrected chi connectivity index (χ1v) is 9.65. The number of anilines is 3. The molecule has 6 heteroatoms. The van der Waals surface area contributed by atoms with Crippen LogP contribution in [0.5, 0.6) is 5.75 Å². The summed E-state index contributed by atoms with van der Waals surface area (Å²) in [5, 5.41) is 6.55. The summed E-state index contributed by atoms with van der Waals surface area (Å²) in [6, 6.07) is 13.3. The lowest BCUT2D eigenvalue weighted by atomic mass is 9.99. The molecule has 0 saturated carbocycles. The van der Waals surface area contributed by atoms with Crippen LogP contribution >= 0.6 is 11.6 Å². The molecule has 0 aliphatic carbocycles. The molecule has 5 nitrogen and oxygen atoms in total. The zero-order valence-corrected chi connectivity index (χ0v) is 16.6. The standard InChI is InChI=1S/C21H26ClN3O2/c1-15-9-11-25(12-10-15)18-6-4-17(5-7-18)24-21(26)14-23-19-13-16(22)3-8-20(19)27-2/h3-8,13,15,23H,9-12,14H2,1-2H3,(H,24,26). The minimum Gasteiger partial charge on any atom is -0.495 e. The van der Waals surface area contributed by atoms with Crippen molar-refractivity contribution in [3.63, 3.8) is 0 Å². The second kappa shape index (κ2) is 9.00. The number of amides is 1. The van der Waals surface area contributed by atoms with E-state index >= 15 is 0 Å². The van der Waals surface area contributed by atoms with Gasteiger partial charge in [-0.15, -0.1) is 0 Å². The summed E-state index contributed by atoms with van der Waals surface area (Å²) in [6.07, 6.45) is 2.47. The Morgan fingerprint density at radius 1 is 1.19 bits per heavy atom. The van der Waals surface area contributed by atoms with Gasteiger partial charge in [0.05, 0.1) is 19.3 Å². The van der Waals surface area contributed by atoms with E-state index in [4.69, 9.17) is 16.3 Å². The quantitative estimate of drug-likeness (QED) is 0.758. The molecule has 1 aliphatic heterocycles. The van der Waals surface area contributed by atoms with E-state index in [1.807, 2.05) is 12.1 Å². The zero-order chi connectivity index (χ0) is 19.2. The van der Waals surface area contributed by atoms with Crippen LogP contribution in [0.1, 0.15) is 19.8 Å². The van der Waals surface area contributed by atoms with Crippen molar-refractivity contribution in [2.45, 2.75) is 19.8 Å². The van der Waals surface area contributed by atoms with Crippen molar-refractivity contribution < 1.29 is 9.53 Å². The predicted octanol–water partition coefficient (Wildman–Crippen LogP) is 4.64. The SMILES string of the molecule is COc1ccc(Cl)cc1NCC(=O)Nc1ccc(N2CCC(C)CC2)cc1. The van der Waals surface area contributed by atoms with E-state index < -0.39 is 0 Å². The number of carbonyl (C=O) groups is 1. The Kier molecular flexibility index (Phi) is 6.45. The Labute approximate surface area is 165 Å². The van der Waals surface area contributed by atoms with Crippen molar-refractivity contribution in [1.29, 1.82) is 0 Å². The van der Waals surface area contributed by atoms with Crippen LogP contribution in [0.2, 0.25) is 5.02 Å². The summed E-state index contributed by atoms with van der Waals surface area (Å²) in [6.45, 7) is 4.63. The van der Waals surface area contributed by atoms with E-state index in [-0.39, 0.29) is 12.5 Å². The van der Waals surface area contributed by atoms with E-state index in [0.717, 1.165) is 24.7 Å². The van der Waals surface area contributed by atoms with Gasteiger partial charge in [0.2, 0.25) is 5.91 Å². The number of ether oxygens (including phenoxy) is 1. The Morgan fingerprint density at radius 2 is 1.89 bits per heavy atom. The fraction of sp³-hybridized carbons (Fsp3) is 0.381. The van der Waals surface area contributed by atoms with E-state index in [9.17, 15) is 4.79 Å². The maximum Gasteiger partial charge on any atom is 0.243 e. The van der Waals surface area contributed by atoms with Gasteiger partial charge < -0.3 is 20.3 Å². The van der Waals surface area contributed by atoms with Gasteiger partial charge in [0.25, 0.3) is 0 Å². The number of nitrogens with zero attached hydrogens (tertiary/aromatic N) is 1. The highest BCUT2D eigenvalue weighted by Gasteiger charge is 2.16. The Balaban J connectivity index is 1.53. The third kappa shape index (κ3) is 5.30. The number of methoxy groups -OCH3 is 1. The topological polar surface area (TPSA) is 53.6 Å². The molecule has 0 atom stereocenters. The summed E-state index contributed by atoms with van der Waals surface area (Å²) in [7, 11) is 1.58. The number of hydrogen-bond acceptors (Lipinski definition) is 4. The Morgan fingerprint density at radius 3 is 2.56 bits per heavy atom. The lowest BCUT2D eigenvalue weighted by Crippen LogP contribution is -2.32. The van der Waals surface area contributed by atoms with Gasteiger partial charge in [0, 0.05) is 29.5 Å². The summed E-state index contributed by atoms with van der Waals surface area (Å²) >= 11 is 6.01. The number of piperidine rings is 1. The molecule has 2 N–H and O–H groups in total. The van der Waals surface area contributed by atoms with Crippen LogP contribution in [-0.4, -0.2) is 32.7 Å². The maximum atomic E-state index is 12.2. The highest BCUT2D eigenvalue weighted by Crippen LogP contribution is 2.27. The average Bonchev–Trinajstić information content (AvgIpc) is 2.68. The molecule has 144 valence electrons. The van der Waals surface area contributed by atoms with Gasteiger partial charge in [-0.3, -0.25) is 4.79 Å². The smallest absolute Gasteiger partial charge is 0.243 e. The monoisotopic (exact) mass is 387 g/mol. The fourth-order valence-electron chi connectivity index (χ4n) is 3.22. The van der Waals surface area contributed by atoms with Gasteiger partial charge in [-0.05, 0) is 61.2 Å². The first-order valence-electron chi connectivity index (χ1n) is 9.27. The Bertz CT molecular complexity index is 771.